The van der Waals surface area contributed by atoms with Crippen LogP contribution >= 0.6 is 0 Å². The van der Waals surface area contributed by atoms with Gasteiger partial charge in [0.05, 0.1) is 11.5 Å². The topological polar surface area (TPSA) is 65.7 Å². The van der Waals surface area contributed by atoms with Crippen molar-refractivity contribution in [2.75, 3.05) is 0 Å². The molecular weight excluding hydrogens is 320 g/mol. The lowest BCUT2D eigenvalue weighted by Gasteiger charge is -2.18. The van der Waals surface area contributed by atoms with Gasteiger partial charge in [0.15, 0.2) is 6.10 Å². The summed E-state index contributed by atoms with van der Waals surface area (Å²) in [7, 11) is 0. The largest absolute Gasteiger partial charge is 0.479 e. The predicted molar refractivity (Wildman–Crippen MR) is 95.9 cm³/mol. The van der Waals surface area contributed by atoms with Crippen LogP contribution in [0.2, 0.25) is 0 Å². The van der Waals surface area contributed by atoms with Gasteiger partial charge in [-0.2, -0.15) is 0 Å². The lowest BCUT2D eigenvalue weighted by Crippen LogP contribution is -2.30. The van der Waals surface area contributed by atoms with Crippen LogP contribution < -0.4 is 10.4 Å². The number of benzene rings is 2. The van der Waals surface area contributed by atoms with Crippen LogP contribution in [0, 0.1) is 0 Å². The van der Waals surface area contributed by atoms with Crippen LogP contribution in [-0.4, -0.2) is 18.2 Å². The van der Waals surface area contributed by atoms with E-state index in [0.717, 1.165) is 10.8 Å². The maximum Gasteiger partial charge on any atom is 0.347 e. The SMILES string of the molecule is CCC(Oc1ccc2c(c1)oc(=O)c1ccccc12)C(=O)OC(C)C. The molecule has 0 saturated carbocycles. The van der Waals surface area contributed by atoms with Crippen LogP contribution in [0.5, 0.6) is 5.75 Å². The van der Waals surface area contributed by atoms with Crippen molar-refractivity contribution in [2.24, 2.45) is 0 Å². The third kappa shape index (κ3) is 3.50. The second-order valence-corrected chi connectivity index (χ2v) is 6.09. The molecule has 130 valence electrons. The summed E-state index contributed by atoms with van der Waals surface area (Å²) in [5.41, 5.74) is 0.0276. The molecule has 5 heteroatoms. The normalized spacial score (nSPS) is 12.5. The van der Waals surface area contributed by atoms with Crippen molar-refractivity contribution >= 4 is 27.7 Å². The third-order valence-electron chi connectivity index (χ3n) is 3.86. The van der Waals surface area contributed by atoms with E-state index in [9.17, 15) is 9.59 Å². The minimum Gasteiger partial charge on any atom is -0.479 e. The molecule has 0 spiro atoms. The molecule has 0 aliphatic heterocycles. The zero-order chi connectivity index (χ0) is 18.0. The number of fused-ring (bicyclic) bond motifs is 3. The Labute approximate surface area is 145 Å². The van der Waals surface area contributed by atoms with Gasteiger partial charge in [0.1, 0.15) is 11.3 Å². The summed E-state index contributed by atoms with van der Waals surface area (Å²) < 4.78 is 16.4. The summed E-state index contributed by atoms with van der Waals surface area (Å²) in [6, 6.07) is 12.5. The number of carbonyl (C=O) groups is 1. The van der Waals surface area contributed by atoms with Crippen LogP contribution in [0.15, 0.2) is 51.7 Å². The Morgan fingerprint density at radius 2 is 1.80 bits per heavy atom. The summed E-state index contributed by atoms with van der Waals surface area (Å²) in [6.07, 6.45) is -0.427. The van der Waals surface area contributed by atoms with Crippen molar-refractivity contribution in [3.8, 4) is 5.75 Å². The van der Waals surface area contributed by atoms with E-state index in [1.807, 2.05) is 25.1 Å². The van der Waals surface area contributed by atoms with Crippen LogP contribution in [-0.2, 0) is 9.53 Å². The molecule has 1 heterocycles. The Hall–Kier alpha value is -2.82. The fraction of sp³-hybridized carbons (Fsp3) is 0.300. The minimum atomic E-state index is -0.702. The standard InChI is InChI=1S/C20H20O5/c1-4-17(20(22)23-12(2)3)24-13-9-10-15-14-7-5-6-8-16(14)19(21)25-18(15)11-13/h5-12,17H,4H2,1-3H3. The minimum absolute atomic E-state index is 0.203. The van der Waals surface area contributed by atoms with E-state index in [0.29, 0.717) is 23.1 Å². The first-order chi connectivity index (χ1) is 12.0. The summed E-state index contributed by atoms with van der Waals surface area (Å²) in [5.74, 6) is 0.0519. The van der Waals surface area contributed by atoms with E-state index >= 15 is 0 Å². The summed E-state index contributed by atoms with van der Waals surface area (Å²) >= 11 is 0. The number of esters is 1. The summed E-state index contributed by atoms with van der Waals surface area (Å²) in [6.45, 7) is 5.43. The molecule has 0 fully saturated rings. The van der Waals surface area contributed by atoms with E-state index in [2.05, 4.69) is 0 Å². The Morgan fingerprint density at radius 3 is 2.48 bits per heavy atom. The lowest BCUT2D eigenvalue weighted by molar-refractivity contribution is -0.155. The highest BCUT2D eigenvalue weighted by Crippen LogP contribution is 2.27. The average molecular weight is 340 g/mol. The van der Waals surface area contributed by atoms with Crippen molar-refractivity contribution in [1.82, 2.24) is 0 Å². The van der Waals surface area contributed by atoms with Gasteiger partial charge in [0, 0.05) is 11.5 Å². The maximum absolute atomic E-state index is 12.1. The molecule has 0 radical (unpaired) electrons. The van der Waals surface area contributed by atoms with Crippen molar-refractivity contribution in [1.29, 1.82) is 0 Å². The Bertz CT molecular complexity index is 971. The number of carbonyl (C=O) groups excluding carboxylic acids is 1. The molecule has 0 aliphatic carbocycles. The highest BCUT2D eigenvalue weighted by molar-refractivity contribution is 6.04. The average Bonchev–Trinajstić information content (AvgIpc) is 2.59. The van der Waals surface area contributed by atoms with Crippen molar-refractivity contribution in [3.63, 3.8) is 0 Å². The third-order valence-corrected chi connectivity index (χ3v) is 3.86. The van der Waals surface area contributed by atoms with Gasteiger partial charge in [-0.15, -0.1) is 0 Å². The highest BCUT2D eigenvalue weighted by atomic mass is 16.6. The molecule has 25 heavy (non-hydrogen) atoms. The van der Waals surface area contributed by atoms with Gasteiger partial charge >= 0.3 is 11.6 Å². The van der Waals surface area contributed by atoms with E-state index in [4.69, 9.17) is 13.9 Å². The highest BCUT2D eigenvalue weighted by Gasteiger charge is 2.21. The maximum atomic E-state index is 12.1. The summed E-state index contributed by atoms with van der Waals surface area (Å²) in [4.78, 5) is 24.2. The molecule has 0 aliphatic rings. The van der Waals surface area contributed by atoms with Crippen molar-refractivity contribution in [2.45, 2.75) is 39.4 Å². The zero-order valence-electron chi connectivity index (χ0n) is 14.4. The van der Waals surface area contributed by atoms with Crippen LogP contribution in [0.25, 0.3) is 21.7 Å². The van der Waals surface area contributed by atoms with Gasteiger partial charge in [-0.1, -0.05) is 25.1 Å². The van der Waals surface area contributed by atoms with E-state index < -0.39 is 17.7 Å². The molecule has 3 aromatic rings. The van der Waals surface area contributed by atoms with Gasteiger partial charge in [-0.25, -0.2) is 9.59 Å². The van der Waals surface area contributed by atoms with Crippen LogP contribution in [0.1, 0.15) is 27.2 Å². The monoisotopic (exact) mass is 340 g/mol. The van der Waals surface area contributed by atoms with Gasteiger partial charge in [-0.05, 0) is 43.9 Å². The van der Waals surface area contributed by atoms with Gasteiger partial charge in [-0.3, -0.25) is 0 Å². The van der Waals surface area contributed by atoms with E-state index in [-0.39, 0.29) is 6.10 Å². The molecule has 5 nitrogen and oxygen atoms in total. The smallest absolute Gasteiger partial charge is 0.347 e. The quantitative estimate of drug-likeness (QED) is 0.398. The lowest BCUT2D eigenvalue weighted by atomic mass is 10.1. The molecule has 1 unspecified atom stereocenters. The number of rotatable bonds is 5. The molecular formula is C20H20O5. The Kier molecular flexibility index (Phi) is 4.74. The molecule has 2 aromatic carbocycles. The molecule has 0 bridgehead atoms. The van der Waals surface area contributed by atoms with Gasteiger partial charge in [0.2, 0.25) is 0 Å². The van der Waals surface area contributed by atoms with Crippen molar-refractivity contribution < 1.29 is 18.7 Å². The molecule has 1 atom stereocenters. The molecule has 0 amide bonds. The molecule has 0 N–H and O–H groups in total. The first kappa shape index (κ1) is 17.0. The fourth-order valence-corrected chi connectivity index (χ4v) is 2.70. The Balaban J connectivity index is 1.97. The zero-order valence-corrected chi connectivity index (χ0v) is 14.4. The van der Waals surface area contributed by atoms with Gasteiger partial charge < -0.3 is 13.9 Å². The first-order valence-electron chi connectivity index (χ1n) is 8.32. The van der Waals surface area contributed by atoms with Crippen LogP contribution in [0.4, 0.5) is 0 Å². The number of hydrogen-bond acceptors (Lipinski definition) is 5. The van der Waals surface area contributed by atoms with E-state index in [1.54, 1.807) is 38.1 Å². The van der Waals surface area contributed by atoms with E-state index in [1.165, 1.54) is 0 Å². The predicted octanol–water partition coefficient (Wildman–Crippen LogP) is 4.06. The first-order valence-corrected chi connectivity index (χ1v) is 8.32. The number of ether oxygens (including phenoxy) is 2. The second-order valence-electron chi connectivity index (χ2n) is 6.09. The fourth-order valence-electron chi connectivity index (χ4n) is 2.70. The van der Waals surface area contributed by atoms with Gasteiger partial charge in [0.25, 0.3) is 0 Å². The van der Waals surface area contributed by atoms with Crippen molar-refractivity contribution in [3.05, 3.63) is 52.9 Å². The number of hydrogen-bond donors (Lipinski definition) is 0. The summed E-state index contributed by atoms with van der Waals surface area (Å²) in [5, 5.41) is 2.18. The molecule has 3 rings (SSSR count). The second kappa shape index (κ2) is 6.97. The molecule has 0 saturated heterocycles. The molecule has 1 aromatic heterocycles. The Morgan fingerprint density at radius 1 is 1.08 bits per heavy atom. The van der Waals surface area contributed by atoms with Crippen LogP contribution in [0.3, 0.4) is 0 Å².